The van der Waals surface area contributed by atoms with Crippen molar-refractivity contribution in [2.24, 2.45) is 7.05 Å². The number of halogens is 1. The van der Waals surface area contributed by atoms with Crippen molar-refractivity contribution in [1.82, 2.24) is 19.7 Å². The van der Waals surface area contributed by atoms with E-state index >= 15 is 0 Å². The Morgan fingerprint density at radius 2 is 1.93 bits per heavy atom. The molecule has 2 aromatic heterocycles. The van der Waals surface area contributed by atoms with E-state index in [2.05, 4.69) is 15.1 Å². The highest BCUT2D eigenvalue weighted by atomic mass is 19.1. The summed E-state index contributed by atoms with van der Waals surface area (Å²) < 4.78 is 19.6. The molecule has 0 saturated heterocycles. The van der Waals surface area contributed by atoms with Crippen LogP contribution in [0.3, 0.4) is 0 Å². The second-order valence-corrected chi connectivity index (χ2v) is 6.83. The van der Waals surface area contributed by atoms with Crippen LogP contribution in [0.15, 0.2) is 33.6 Å². The van der Waals surface area contributed by atoms with Crippen molar-refractivity contribution in [3.8, 4) is 17.3 Å². The van der Waals surface area contributed by atoms with E-state index in [0.717, 1.165) is 31.2 Å². The van der Waals surface area contributed by atoms with Gasteiger partial charge >= 0.3 is 0 Å². The SMILES string of the molecule is Cn1c(C2CCCC2)nc(-c2nc(Cc3ccc(F)cc3)no2)c(O)c1=O. The van der Waals surface area contributed by atoms with Gasteiger partial charge in [-0.25, -0.2) is 9.37 Å². The molecule has 0 radical (unpaired) electrons. The van der Waals surface area contributed by atoms with Crippen LogP contribution in [0.4, 0.5) is 4.39 Å². The smallest absolute Gasteiger partial charge is 0.296 e. The molecule has 0 bridgehead atoms. The van der Waals surface area contributed by atoms with Gasteiger partial charge in [-0.05, 0) is 30.5 Å². The molecule has 0 atom stereocenters. The molecular formula is C19H19FN4O3. The summed E-state index contributed by atoms with van der Waals surface area (Å²) in [5.41, 5.74) is 0.301. The summed E-state index contributed by atoms with van der Waals surface area (Å²) in [6.07, 6.45) is 4.46. The first-order valence-electron chi connectivity index (χ1n) is 8.90. The van der Waals surface area contributed by atoms with Gasteiger partial charge in [0.05, 0.1) is 0 Å². The van der Waals surface area contributed by atoms with Gasteiger partial charge in [0.2, 0.25) is 5.75 Å². The zero-order valence-electron chi connectivity index (χ0n) is 14.9. The molecule has 1 saturated carbocycles. The molecule has 0 unspecified atom stereocenters. The number of hydrogen-bond acceptors (Lipinski definition) is 6. The Kier molecular flexibility index (Phi) is 4.47. The zero-order chi connectivity index (χ0) is 19.0. The Balaban J connectivity index is 1.68. The van der Waals surface area contributed by atoms with Crippen molar-refractivity contribution < 1.29 is 14.0 Å². The molecule has 1 aliphatic rings. The monoisotopic (exact) mass is 370 g/mol. The highest BCUT2D eigenvalue weighted by molar-refractivity contribution is 5.56. The van der Waals surface area contributed by atoms with Crippen molar-refractivity contribution in [2.45, 2.75) is 38.0 Å². The molecule has 0 amide bonds. The van der Waals surface area contributed by atoms with Gasteiger partial charge in [-0.1, -0.05) is 30.1 Å². The first-order valence-corrected chi connectivity index (χ1v) is 8.90. The number of benzene rings is 1. The minimum atomic E-state index is -0.528. The molecule has 1 aliphatic carbocycles. The highest BCUT2D eigenvalue weighted by Crippen LogP contribution is 2.34. The number of aromatic hydroxyl groups is 1. The van der Waals surface area contributed by atoms with Crippen molar-refractivity contribution >= 4 is 0 Å². The standard InChI is InChI=1S/C19H19FN4O3/c1-24-17(12-4-2-3-5-12)22-15(16(25)19(24)26)18-21-14(23-27-18)10-11-6-8-13(20)9-7-11/h6-9,12,25H,2-5,10H2,1H3. The van der Waals surface area contributed by atoms with E-state index in [0.29, 0.717) is 18.1 Å². The topological polar surface area (TPSA) is 94.0 Å². The average Bonchev–Trinajstić information content (AvgIpc) is 3.34. The Labute approximate surface area is 154 Å². The van der Waals surface area contributed by atoms with Gasteiger partial charge in [0.25, 0.3) is 11.4 Å². The Hall–Kier alpha value is -3.03. The minimum Gasteiger partial charge on any atom is -0.501 e. The number of nitrogens with zero attached hydrogens (tertiary/aromatic N) is 4. The van der Waals surface area contributed by atoms with Crippen LogP contribution >= 0.6 is 0 Å². The van der Waals surface area contributed by atoms with Crippen LogP contribution in [0.25, 0.3) is 11.6 Å². The molecule has 2 heterocycles. The molecule has 1 aromatic carbocycles. The van der Waals surface area contributed by atoms with Crippen LogP contribution in [0, 0.1) is 5.82 Å². The Morgan fingerprint density at radius 3 is 2.63 bits per heavy atom. The van der Waals surface area contributed by atoms with Crippen LogP contribution < -0.4 is 5.56 Å². The second-order valence-electron chi connectivity index (χ2n) is 6.83. The Morgan fingerprint density at radius 1 is 1.22 bits per heavy atom. The minimum absolute atomic E-state index is 0.00144. The molecule has 0 spiro atoms. The molecule has 27 heavy (non-hydrogen) atoms. The summed E-state index contributed by atoms with van der Waals surface area (Å²) in [4.78, 5) is 21.2. The molecule has 1 N–H and O–H groups in total. The molecule has 4 rings (SSSR count). The fourth-order valence-corrected chi connectivity index (χ4v) is 3.51. The fourth-order valence-electron chi connectivity index (χ4n) is 3.51. The van der Waals surface area contributed by atoms with Crippen LogP contribution in [-0.2, 0) is 13.5 Å². The van der Waals surface area contributed by atoms with E-state index in [9.17, 15) is 14.3 Å². The van der Waals surface area contributed by atoms with Gasteiger partial charge in [0.15, 0.2) is 11.5 Å². The fraction of sp³-hybridized carbons (Fsp3) is 0.368. The molecule has 3 aromatic rings. The van der Waals surface area contributed by atoms with Gasteiger partial charge in [-0.2, -0.15) is 4.98 Å². The van der Waals surface area contributed by atoms with E-state index in [1.165, 1.54) is 16.7 Å². The van der Waals surface area contributed by atoms with Crippen LogP contribution in [0.1, 0.15) is 48.8 Å². The van der Waals surface area contributed by atoms with E-state index in [4.69, 9.17) is 4.52 Å². The summed E-state index contributed by atoms with van der Waals surface area (Å²) in [6, 6.07) is 5.99. The van der Waals surface area contributed by atoms with Gasteiger partial charge in [0.1, 0.15) is 11.6 Å². The lowest BCUT2D eigenvalue weighted by Gasteiger charge is -2.14. The molecule has 0 aliphatic heterocycles. The molecule has 8 heteroatoms. The highest BCUT2D eigenvalue weighted by Gasteiger charge is 2.26. The third-order valence-electron chi connectivity index (χ3n) is 4.97. The third-order valence-corrected chi connectivity index (χ3v) is 4.97. The lowest BCUT2D eigenvalue weighted by molar-refractivity contribution is 0.411. The van der Waals surface area contributed by atoms with E-state index < -0.39 is 11.3 Å². The summed E-state index contributed by atoms with van der Waals surface area (Å²) >= 11 is 0. The first-order chi connectivity index (χ1) is 13.0. The average molecular weight is 370 g/mol. The normalized spacial score (nSPS) is 14.7. The van der Waals surface area contributed by atoms with Crippen molar-refractivity contribution in [2.75, 3.05) is 0 Å². The zero-order valence-corrected chi connectivity index (χ0v) is 14.9. The van der Waals surface area contributed by atoms with Gasteiger partial charge < -0.3 is 9.63 Å². The van der Waals surface area contributed by atoms with Crippen LogP contribution in [-0.4, -0.2) is 24.8 Å². The summed E-state index contributed by atoms with van der Waals surface area (Å²) in [6.45, 7) is 0. The Bertz CT molecular complexity index is 1020. The van der Waals surface area contributed by atoms with Crippen molar-refractivity contribution in [3.63, 3.8) is 0 Å². The number of aromatic nitrogens is 4. The summed E-state index contributed by atoms with van der Waals surface area (Å²) in [5, 5.41) is 14.2. The van der Waals surface area contributed by atoms with E-state index in [-0.39, 0.29) is 23.3 Å². The first kappa shape index (κ1) is 17.4. The lowest BCUT2D eigenvalue weighted by Crippen LogP contribution is -2.24. The second kappa shape index (κ2) is 6.94. The maximum Gasteiger partial charge on any atom is 0.296 e. The molecule has 7 nitrogen and oxygen atoms in total. The number of hydrogen-bond donors (Lipinski definition) is 1. The predicted octanol–water partition coefficient (Wildman–Crippen LogP) is 2.92. The number of rotatable bonds is 4. The molecule has 140 valence electrons. The summed E-state index contributed by atoms with van der Waals surface area (Å²) in [7, 11) is 1.61. The van der Waals surface area contributed by atoms with E-state index in [1.54, 1.807) is 19.2 Å². The maximum atomic E-state index is 13.0. The lowest BCUT2D eigenvalue weighted by atomic mass is 10.1. The predicted molar refractivity (Wildman–Crippen MR) is 94.8 cm³/mol. The maximum absolute atomic E-state index is 13.0. The third kappa shape index (κ3) is 3.34. The van der Waals surface area contributed by atoms with Crippen molar-refractivity contribution in [3.05, 3.63) is 57.6 Å². The van der Waals surface area contributed by atoms with Gasteiger partial charge in [-0.3, -0.25) is 9.36 Å². The van der Waals surface area contributed by atoms with Gasteiger partial charge in [0, 0.05) is 19.4 Å². The van der Waals surface area contributed by atoms with Crippen LogP contribution in [0.5, 0.6) is 5.75 Å². The largest absolute Gasteiger partial charge is 0.501 e. The molecular weight excluding hydrogens is 351 g/mol. The van der Waals surface area contributed by atoms with Gasteiger partial charge in [-0.15, -0.1) is 0 Å². The van der Waals surface area contributed by atoms with E-state index in [1.807, 2.05) is 0 Å². The van der Waals surface area contributed by atoms with Crippen LogP contribution in [0.2, 0.25) is 0 Å². The summed E-state index contributed by atoms with van der Waals surface area (Å²) in [5.74, 6) is 0.354. The quantitative estimate of drug-likeness (QED) is 0.759. The van der Waals surface area contributed by atoms with Crippen molar-refractivity contribution in [1.29, 1.82) is 0 Å². The molecule has 1 fully saturated rings.